The molecule has 0 atom stereocenters. The number of alkyl halides is 3. The van der Waals surface area contributed by atoms with Crippen LogP contribution in [0.4, 0.5) is 13.2 Å². The zero-order valence-electron chi connectivity index (χ0n) is 19.2. The minimum atomic E-state index is -4.54. The summed E-state index contributed by atoms with van der Waals surface area (Å²) in [5, 5.41) is 11.5. The Hall–Kier alpha value is -3.75. The Morgan fingerprint density at radius 1 is 1.19 bits per heavy atom. The Bertz CT molecular complexity index is 1640. The van der Waals surface area contributed by atoms with Gasteiger partial charge in [0.05, 0.1) is 10.6 Å². The molecule has 5 rings (SSSR count). The van der Waals surface area contributed by atoms with E-state index < -0.39 is 27.3 Å². The highest BCUT2D eigenvalue weighted by Crippen LogP contribution is 2.58. The molecule has 4 aromatic rings. The third-order valence-corrected chi connectivity index (χ3v) is 7.88. The lowest BCUT2D eigenvalue weighted by Gasteiger charge is -2.13. The molecule has 0 N–H and O–H groups in total. The van der Waals surface area contributed by atoms with Crippen molar-refractivity contribution in [3.63, 3.8) is 0 Å². The molecule has 36 heavy (non-hydrogen) atoms. The van der Waals surface area contributed by atoms with Crippen molar-refractivity contribution in [2.24, 2.45) is 7.05 Å². The molecule has 0 amide bonds. The predicted molar refractivity (Wildman–Crippen MR) is 118 cm³/mol. The van der Waals surface area contributed by atoms with Gasteiger partial charge in [-0.3, -0.25) is 9.78 Å². The number of sulfone groups is 1. The first kappa shape index (κ1) is 24.0. The third kappa shape index (κ3) is 3.65. The van der Waals surface area contributed by atoms with Crippen molar-refractivity contribution in [2.45, 2.75) is 43.2 Å². The Balaban J connectivity index is 1.64. The highest BCUT2D eigenvalue weighted by molar-refractivity contribution is 7.91. The van der Waals surface area contributed by atoms with Gasteiger partial charge in [-0.05, 0) is 25.0 Å². The Labute approximate surface area is 201 Å². The second kappa shape index (κ2) is 7.88. The van der Waals surface area contributed by atoms with Gasteiger partial charge in [-0.15, -0.1) is 10.2 Å². The Morgan fingerprint density at radius 3 is 2.53 bits per heavy atom. The normalized spacial score (nSPS) is 15.4. The van der Waals surface area contributed by atoms with Gasteiger partial charge >= 0.3 is 6.18 Å². The van der Waals surface area contributed by atoms with Crippen LogP contribution in [0.1, 0.15) is 43.1 Å². The van der Waals surface area contributed by atoms with E-state index in [-0.39, 0.29) is 57.9 Å². The van der Waals surface area contributed by atoms with Crippen LogP contribution >= 0.6 is 0 Å². The van der Waals surface area contributed by atoms with E-state index >= 15 is 0 Å². The largest absolute Gasteiger partial charge is 0.403 e. The first-order chi connectivity index (χ1) is 16.9. The minimum absolute atomic E-state index is 0.0110. The number of imidazole rings is 1. The number of ketones is 1. The van der Waals surface area contributed by atoms with Crippen molar-refractivity contribution in [1.29, 1.82) is 0 Å². The number of aromatic nitrogens is 7. The molecule has 4 heterocycles. The summed E-state index contributed by atoms with van der Waals surface area (Å²) >= 11 is 0. The van der Waals surface area contributed by atoms with E-state index in [0.717, 1.165) is 0 Å². The molecule has 0 saturated heterocycles. The van der Waals surface area contributed by atoms with Crippen molar-refractivity contribution in [3.8, 4) is 22.9 Å². The van der Waals surface area contributed by atoms with Gasteiger partial charge < -0.3 is 9.09 Å². The first-order valence-electron chi connectivity index (χ1n) is 10.7. The number of pyridine rings is 1. The van der Waals surface area contributed by atoms with Gasteiger partial charge in [-0.1, -0.05) is 12.1 Å². The first-order valence-corrected chi connectivity index (χ1v) is 12.4. The van der Waals surface area contributed by atoms with Crippen LogP contribution in [-0.4, -0.2) is 61.0 Å². The molecule has 0 radical (unpaired) electrons. The van der Waals surface area contributed by atoms with Crippen molar-refractivity contribution < 1.29 is 30.9 Å². The van der Waals surface area contributed by atoms with Crippen LogP contribution in [0, 0.1) is 0 Å². The molecule has 0 unspecified atom stereocenters. The van der Waals surface area contributed by atoms with Crippen LogP contribution in [0.15, 0.2) is 27.7 Å². The molecular weight excluding hydrogens is 503 g/mol. The minimum Gasteiger partial charge on any atom is -0.338 e. The number of rotatable bonds is 6. The Kier molecular flexibility index (Phi) is 5.24. The zero-order chi connectivity index (χ0) is 26.0. The topological polar surface area (TPSA) is 147 Å². The number of fused-ring (bicyclic) bond motifs is 1. The predicted octanol–water partition coefficient (Wildman–Crippen LogP) is 3.07. The SMILES string of the molecule is CCS(=O)(=O)c1cc(-c2noc(C3(C(F)(F)F)CC3)n2)cnc1-c1nc2cc(C(C)=O)nnc2n1C. The molecule has 1 fully saturated rings. The number of nitrogens with zero attached hydrogens (tertiary/aromatic N) is 7. The van der Waals surface area contributed by atoms with E-state index in [1.165, 1.54) is 36.7 Å². The van der Waals surface area contributed by atoms with Gasteiger partial charge in [0.1, 0.15) is 22.3 Å². The van der Waals surface area contributed by atoms with Crippen LogP contribution in [0.3, 0.4) is 0 Å². The Morgan fingerprint density at radius 2 is 1.92 bits per heavy atom. The van der Waals surface area contributed by atoms with E-state index in [9.17, 15) is 26.4 Å². The van der Waals surface area contributed by atoms with Gasteiger partial charge in [0.25, 0.3) is 0 Å². The summed E-state index contributed by atoms with van der Waals surface area (Å²) in [5.41, 5.74) is -1.42. The van der Waals surface area contributed by atoms with E-state index in [1.807, 2.05) is 0 Å². The number of hydrogen-bond acceptors (Lipinski definition) is 10. The molecule has 0 bridgehead atoms. The van der Waals surface area contributed by atoms with E-state index in [2.05, 4.69) is 30.3 Å². The molecule has 4 aromatic heterocycles. The summed E-state index contributed by atoms with van der Waals surface area (Å²) in [7, 11) is -2.30. The average molecular weight is 521 g/mol. The summed E-state index contributed by atoms with van der Waals surface area (Å²) < 4.78 is 72.7. The second-order valence-electron chi connectivity index (χ2n) is 8.47. The van der Waals surface area contributed by atoms with Crippen LogP contribution in [0.25, 0.3) is 34.1 Å². The van der Waals surface area contributed by atoms with Crippen LogP contribution < -0.4 is 0 Å². The van der Waals surface area contributed by atoms with Crippen LogP contribution in [0.2, 0.25) is 0 Å². The van der Waals surface area contributed by atoms with E-state index in [1.54, 1.807) is 7.05 Å². The van der Waals surface area contributed by atoms with Crippen molar-refractivity contribution in [1.82, 2.24) is 34.9 Å². The van der Waals surface area contributed by atoms with Gasteiger partial charge in [0.2, 0.25) is 11.7 Å². The standard InChI is InChI=1S/C21H18F3N7O4S/c1-4-36(33,34)14-7-11(16-27-19(35-30-16)20(5-6-20)21(22,23)24)9-25-15(14)18-26-13-8-12(10(2)32)28-29-17(13)31(18)3/h7-9H,4-6H2,1-3H3. The molecule has 0 aromatic carbocycles. The molecule has 11 nitrogen and oxygen atoms in total. The second-order valence-corrected chi connectivity index (χ2v) is 10.7. The van der Waals surface area contributed by atoms with Gasteiger partial charge in [-0.2, -0.15) is 18.2 Å². The maximum Gasteiger partial charge on any atom is 0.403 e. The van der Waals surface area contributed by atoms with Crippen molar-refractivity contribution in [3.05, 3.63) is 29.9 Å². The lowest BCUT2D eigenvalue weighted by Crippen LogP contribution is -2.28. The molecule has 188 valence electrons. The van der Waals surface area contributed by atoms with Crippen molar-refractivity contribution in [2.75, 3.05) is 5.75 Å². The fraction of sp³-hybridized carbons (Fsp3) is 0.381. The number of halogens is 3. The number of Topliss-reactive ketones (excluding diaryl/α,β-unsaturated/α-hetero) is 1. The number of hydrogen-bond donors (Lipinski definition) is 0. The fourth-order valence-corrected chi connectivity index (χ4v) is 4.83. The van der Waals surface area contributed by atoms with E-state index in [0.29, 0.717) is 11.2 Å². The molecule has 0 spiro atoms. The third-order valence-electron chi connectivity index (χ3n) is 6.14. The summed E-state index contributed by atoms with van der Waals surface area (Å²) in [6.45, 7) is 2.77. The summed E-state index contributed by atoms with van der Waals surface area (Å²) in [5.74, 6) is -1.23. The lowest BCUT2D eigenvalue weighted by molar-refractivity contribution is -0.166. The van der Waals surface area contributed by atoms with Crippen LogP contribution in [0.5, 0.6) is 0 Å². The summed E-state index contributed by atoms with van der Waals surface area (Å²) in [6.07, 6.45) is -3.63. The number of carbonyl (C=O) groups excluding carboxylic acids is 1. The van der Waals surface area contributed by atoms with Crippen molar-refractivity contribution >= 4 is 26.8 Å². The van der Waals surface area contributed by atoms with Crippen LogP contribution in [-0.2, 0) is 22.3 Å². The summed E-state index contributed by atoms with van der Waals surface area (Å²) in [6, 6.07) is 2.67. The monoisotopic (exact) mass is 521 g/mol. The highest BCUT2D eigenvalue weighted by atomic mass is 32.2. The zero-order valence-corrected chi connectivity index (χ0v) is 20.0. The summed E-state index contributed by atoms with van der Waals surface area (Å²) in [4.78, 5) is 24.0. The maximum absolute atomic E-state index is 13.4. The molecule has 1 aliphatic rings. The fourth-order valence-electron chi connectivity index (χ4n) is 3.78. The van der Waals surface area contributed by atoms with E-state index in [4.69, 9.17) is 4.52 Å². The molecule has 0 aliphatic heterocycles. The number of carbonyl (C=O) groups is 1. The highest BCUT2D eigenvalue weighted by Gasteiger charge is 2.68. The van der Waals surface area contributed by atoms with Gasteiger partial charge in [0.15, 0.2) is 27.1 Å². The lowest BCUT2D eigenvalue weighted by atomic mass is 10.1. The number of aryl methyl sites for hydroxylation is 1. The molecule has 1 saturated carbocycles. The molecule has 1 aliphatic carbocycles. The maximum atomic E-state index is 13.4. The van der Waals surface area contributed by atoms with Gasteiger partial charge in [0, 0.05) is 25.7 Å². The smallest absolute Gasteiger partial charge is 0.338 e. The average Bonchev–Trinajstić information content (AvgIpc) is 3.41. The molecular formula is C21H18F3N7O4S. The molecule has 15 heteroatoms. The van der Waals surface area contributed by atoms with Gasteiger partial charge in [-0.25, -0.2) is 13.4 Å². The quantitative estimate of drug-likeness (QED) is 0.347.